The molecule has 2 aromatic carbocycles. The molecule has 2 amide bonds. The first-order chi connectivity index (χ1) is 13.1. The highest BCUT2D eigenvalue weighted by molar-refractivity contribution is 6.32. The van der Waals surface area contributed by atoms with Gasteiger partial charge in [-0.1, -0.05) is 35.9 Å². The van der Waals surface area contributed by atoms with Crippen molar-refractivity contribution in [2.45, 2.75) is 25.8 Å². The Kier molecular flexibility index (Phi) is 4.72. The summed E-state index contributed by atoms with van der Waals surface area (Å²) in [4.78, 5) is 29.7. The number of aromatic amines is 1. The van der Waals surface area contributed by atoms with Crippen LogP contribution in [0.15, 0.2) is 48.7 Å². The number of para-hydroxylation sites is 1. The van der Waals surface area contributed by atoms with Gasteiger partial charge in [0.05, 0.1) is 18.2 Å². The number of carbonyl (C=O) groups excluding carboxylic acids is 2. The molecule has 3 aromatic rings. The third-order valence-corrected chi connectivity index (χ3v) is 5.50. The summed E-state index contributed by atoms with van der Waals surface area (Å²) in [6, 6.07) is 12.9. The topological polar surface area (TPSA) is 65.2 Å². The second-order valence-corrected chi connectivity index (χ2v) is 7.18. The molecule has 6 heteroatoms. The molecule has 1 aliphatic rings. The number of H-pyrrole nitrogens is 1. The summed E-state index contributed by atoms with van der Waals surface area (Å²) in [6.07, 6.45) is 2.94. The summed E-state index contributed by atoms with van der Waals surface area (Å²) in [7, 11) is 0. The lowest BCUT2D eigenvalue weighted by atomic mass is 10.1. The lowest BCUT2D eigenvalue weighted by Crippen LogP contribution is -2.39. The normalized spacial score (nSPS) is 17.3. The van der Waals surface area contributed by atoms with Crippen molar-refractivity contribution >= 4 is 40.0 Å². The molecule has 27 heavy (non-hydrogen) atoms. The molecule has 1 fully saturated rings. The molecule has 0 unspecified atom stereocenters. The predicted molar refractivity (Wildman–Crippen MR) is 107 cm³/mol. The summed E-state index contributed by atoms with van der Waals surface area (Å²) in [5.41, 5.74) is 3.60. The molecule has 2 heterocycles. The minimum absolute atomic E-state index is 0.165. The lowest BCUT2D eigenvalue weighted by molar-refractivity contribution is -0.121. The predicted octanol–water partition coefficient (Wildman–Crippen LogP) is 3.59. The molecule has 5 nitrogen and oxygen atoms in total. The average Bonchev–Trinajstić information content (AvgIpc) is 3.19. The first-order valence-corrected chi connectivity index (χ1v) is 9.34. The van der Waals surface area contributed by atoms with Crippen molar-refractivity contribution < 1.29 is 9.59 Å². The van der Waals surface area contributed by atoms with Crippen LogP contribution in [-0.4, -0.2) is 29.4 Å². The van der Waals surface area contributed by atoms with Crippen LogP contribution in [-0.2, 0) is 16.0 Å². The number of halogens is 1. The van der Waals surface area contributed by atoms with Crippen molar-refractivity contribution in [1.29, 1.82) is 0 Å². The molecular weight excluding hydrogens is 362 g/mol. The molecule has 1 aliphatic heterocycles. The van der Waals surface area contributed by atoms with E-state index < -0.39 is 6.04 Å². The number of nitrogens with one attached hydrogen (secondary N) is 2. The smallest absolute Gasteiger partial charge is 0.251 e. The summed E-state index contributed by atoms with van der Waals surface area (Å²) < 4.78 is 0. The Morgan fingerprint density at radius 1 is 1.19 bits per heavy atom. The van der Waals surface area contributed by atoms with E-state index in [1.165, 1.54) is 15.8 Å². The number of hydrogen-bond acceptors (Lipinski definition) is 3. The van der Waals surface area contributed by atoms with E-state index >= 15 is 0 Å². The molecule has 2 N–H and O–H groups in total. The van der Waals surface area contributed by atoms with Crippen LogP contribution in [0.25, 0.3) is 10.9 Å². The summed E-state index contributed by atoms with van der Waals surface area (Å²) >= 11 is 6.14. The monoisotopic (exact) mass is 381 g/mol. The Morgan fingerprint density at radius 3 is 2.85 bits per heavy atom. The van der Waals surface area contributed by atoms with Gasteiger partial charge in [0.15, 0.2) is 0 Å². The van der Waals surface area contributed by atoms with Gasteiger partial charge in [0.25, 0.3) is 5.91 Å². The summed E-state index contributed by atoms with van der Waals surface area (Å²) in [5.74, 6) is -0.417. The summed E-state index contributed by atoms with van der Waals surface area (Å²) in [6.45, 7) is 2.43. The number of hydrogen-bond donors (Lipinski definition) is 2. The van der Waals surface area contributed by atoms with Crippen molar-refractivity contribution in [3.05, 3.63) is 64.8 Å². The van der Waals surface area contributed by atoms with Crippen LogP contribution in [0, 0.1) is 6.92 Å². The van der Waals surface area contributed by atoms with Crippen LogP contribution in [0.5, 0.6) is 0 Å². The number of amides is 2. The van der Waals surface area contributed by atoms with Crippen LogP contribution in [0.3, 0.4) is 0 Å². The third kappa shape index (κ3) is 3.24. The zero-order chi connectivity index (χ0) is 19.0. The highest BCUT2D eigenvalue weighted by Gasteiger charge is 2.39. The molecule has 1 aromatic heterocycles. The number of nitrogens with zero attached hydrogens (tertiary/aromatic N) is 1. The average molecular weight is 382 g/mol. The molecule has 1 saturated heterocycles. The van der Waals surface area contributed by atoms with Crippen LogP contribution in [0.2, 0.25) is 5.02 Å². The minimum Gasteiger partial charge on any atom is -0.361 e. The van der Waals surface area contributed by atoms with E-state index in [2.05, 4.69) is 16.4 Å². The number of benzene rings is 2. The number of fused-ring (bicyclic) bond motifs is 1. The lowest BCUT2D eigenvalue weighted by Gasteiger charge is -2.18. The van der Waals surface area contributed by atoms with Gasteiger partial charge in [-0.3, -0.25) is 9.59 Å². The van der Waals surface area contributed by atoms with E-state index in [1.807, 2.05) is 31.3 Å². The fourth-order valence-electron chi connectivity index (χ4n) is 3.60. The maximum absolute atomic E-state index is 12.8. The van der Waals surface area contributed by atoms with Gasteiger partial charge < -0.3 is 10.3 Å². The van der Waals surface area contributed by atoms with E-state index in [4.69, 9.17) is 11.6 Å². The molecule has 0 spiro atoms. The van der Waals surface area contributed by atoms with E-state index in [-0.39, 0.29) is 18.2 Å². The van der Waals surface area contributed by atoms with Gasteiger partial charge in [-0.15, -0.1) is 0 Å². The van der Waals surface area contributed by atoms with Gasteiger partial charge in [0, 0.05) is 28.7 Å². The molecule has 0 saturated carbocycles. The van der Waals surface area contributed by atoms with E-state index in [9.17, 15) is 9.59 Å². The van der Waals surface area contributed by atoms with Gasteiger partial charge in [-0.05, 0) is 42.7 Å². The van der Waals surface area contributed by atoms with E-state index in [0.717, 1.165) is 17.5 Å². The van der Waals surface area contributed by atoms with Gasteiger partial charge in [0.2, 0.25) is 5.91 Å². The first kappa shape index (κ1) is 17.8. The van der Waals surface area contributed by atoms with Crippen LogP contribution in [0.4, 0.5) is 5.69 Å². The van der Waals surface area contributed by atoms with Crippen LogP contribution >= 0.6 is 11.6 Å². The van der Waals surface area contributed by atoms with Gasteiger partial charge in [0.1, 0.15) is 0 Å². The zero-order valence-electron chi connectivity index (χ0n) is 15.0. The maximum Gasteiger partial charge on any atom is 0.251 e. The third-order valence-electron chi connectivity index (χ3n) is 5.09. The van der Waals surface area contributed by atoms with Crippen LogP contribution in [0.1, 0.15) is 17.5 Å². The van der Waals surface area contributed by atoms with E-state index in [1.54, 1.807) is 18.2 Å². The van der Waals surface area contributed by atoms with Crippen molar-refractivity contribution in [3.8, 4) is 0 Å². The molecule has 0 aliphatic carbocycles. The first-order valence-electron chi connectivity index (χ1n) is 8.96. The van der Waals surface area contributed by atoms with Crippen LogP contribution < -0.4 is 10.2 Å². The van der Waals surface area contributed by atoms with Gasteiger partial charge in [-0.2, -0.15) is 0 Å². The Bertz CT molecular complexity index is 1030. The highest BCUT2D eigenvalue weighted by atomic mass is 35.5. The number of aromatic nitrogens is 1. The summed E-state index contributed by atoms with van der Waals surface area (Å²) in [5, 5.41) is 4.97. The number of rotatable bonds is 5. The molecule has 0 bridgehead atoms. The second-order valence-electron chi connectivity index (χ2n) is 6.77. The SMILES string of the molecule is Cc1c(Cl)cccc1N1C(=O)C[C@@H](NCCc2c[nH]c3ccccc23)C1=O. The van der Waals surface area contributed by atoms with Crippen molar-refractivity contribution in [3.63, 3.8) is 0 Å². The Morgan fingerprint density at radius 2 is 2.00 bits per heavy atom. The Hall–Kier alpha value is -2.63. The Balaban J connectivity index is 1.44. The standard InChI is InChI=1S/C21H20ClN3O2/c1-13-16(22)6-4-8-19(13)25-20(26)11-18(21(25)27)23-10-9-14-12-24-17-7-3-2-5-15(14)17/h2-8,12,18,23-24H,9-11H2,1H3/t18-/m1/s1. The Labute approximate surface area is 162 Å². The molecular formula is C21H20ClN3O2. The van der Waals surface area contributed by atoms with Crippen molar-refractivity contribution in [2.75, 3.05) is 11.4 Å². The molecule has 138 valence electrons. The fraction of sp³-hybridized carbons (Fsp3) is 0.238. The fourth-order valence-corrected chi connectivity index (χ4v) is 3.77. The van der Waals surface area contributed by atoms with Gasteiger partial charge in [-0.25, -0.2) is 4.90 Å². The molecule has 4 rings (SSSR count). The zero-order valence-corrected chi connectivity index (χ0v) is 15.7. The second kappa shape index (κ2) is 7.18. The van der Waals surface area contributed by atoms with E-state index in [0.29, 0.717) is 17.3 Å². The highest BCUT2D eigenvalue weighted by Crippen LogP contribution is 2.30. The van der Waals surface area contributed by atoms with Crippen molar-refractivity contribution in [1.82, 2.24) is 10.3 Å². The van der Waals surface area contributed by atoms with Crippen molar-refractivity contribution in [2.24, 2.45) is 0 Å². The molecule has 0 radical (unpaired) electrons. The molecule has 1 atom stereocenters. The number of carbonyl (C=O) groups is 2. The maximum atomic E-state index is 12.8. The quantitative estimate of drug-likeness (QED) is 0.664. The van der Waals surface area contributed by atoms with Gasteiger partial charge >= 0.3 is 0 Å². The number of imide groups is 1. The largest absolute Gasteiger partial charge is 0.361 e. The number of anilines is 1. The minimum atomic E-state index is -0.499.